The average Bonchev–Trinajstić information content (AvgIpc) is 3.94. The summed E-state index contributed by atoms with van der Waals surface area (Å²) in [6, 6.07) is 12.0. The first-order chi connectivity index (χ1) is 39.7. The number of unbranched alkanes of at least 4 members (excludes halogenated alkanes) is 2. The fourth-order valence-corrected chi connectivity index (χ4v) is 29.8. The summed E-state index contributed by atoms with van der Waals surface area (Å²) in [4.78, 5) is 73.1. The summed E-state index contributed by atoms with van der Waals surface area (Å²) in [6.07, 6.45) is 20.9. The lowest BCUT2D eigenvalue weighted by Gasteiger charge is -2.39. The number of hydrogen-bond acceptors (Lipinski definition) is 11. The number of amides is 4. The van der Waals surface area contributed by atoms with Gasteiger partial charge in [-0.15, -0.1) is 68.0 Å². The monoisotopic (exact) mass is 1250 g/mol. The number of ether oxygens (including phenoxy) is 1. The van der Waals surface area contributed by atoms with E-state index in [0.29, 0.717) is 57.8 Å². The molecule has 0 radical (unpaired) electrons. The second-order valence-corrected chi connectivity index (χ2v) is 37.3. The van der Waals surface area contributed by atoms with Gasteiger partial charge in [-0.1, -0.05) is 159 Å². The highest BCUT2D eigenvalue weighted by Gasteiger charge is 2.52. The number of carbonyl (C=O) groups is 4. The minimum absolute atomic E-state index is 0.204. The lowest BCUT2D eigenvalue weighted by molar-refractivity contribution is 0.0323. The van der Waals surface area contributed by atoms with Crippen molar-refractivity contribution in [2.24, 2.45) is 35.5 Å². The molecular weight excluding hydrogens is 1160 g/mol. The molecule has 0 aromatic carbocycles. The number of hydrogen-bond donors (Lipinski definition) is 0. The van der Waals surface area contributed by atoms with E-state index >= 15 is 0 Å². The summed E-state index contributed by atoms with van der Waals surface area (Å²) in [6.45, 7) is 27.8. The molecule has 4 unspecified atom stereocenters. The Labute approximate surface area is 522 Å². The molecule has 0 saturated heterocycles. The van der Waals surface area contributed by atoms with Crippen molar-refractivity contribution in [2.45, 2.75) is 216 Å². The van der Waals surface area contributed by atoms with Crippen LogP contribution in [0.15, 0.2) is 24.3 Å². The van der Waals surface area contributed by atoms with E-state index in [9.17, 15) is 19.2 Å². The summed E-state index contributed by atoms with van der Waals surface area (Å²) in [5.74, 6) is 3.85. The second kappa shape index (κ2) is 25.7. The molecule has 448 valence electrons. The maximum Gasteiger partial charge on any atom is 0.262 e. The quantitative estimate of drug-likeness (QED) is 0.0345. The Bertz CT molecular complexity index is 3330. The first-order valence-corrected chi connectivity index (χ1v) is 39.2. The number of fused-ring (bicyclic) bond motifs is 8. The van der Waals surface area contributed by atoms with Crippen LogP contribution < -0.4 is 15.1 Å². The van der Waals surface area contributed by atoms with Crippen molar-refractivity contribution in [3.8, 4) is 54.5 Å². The predicted molar refractivity (Wildman–Crippen MR) is 361 cm³/mol. The zero-order chi connectivity index (χ0) is 59.4. The summed E-state index contributed by atoms with van der Waals surface area (Å²) >= 11 is 10.5. The second-order valence-electron chi connectivity index (χ2n) is 26.6. The van der Waals surface area contributed by atoms with Gasteiger partial charge < -0.3 is 4.74 Å². The highest BCUT2D eigenvalue weighted by Crippen LogP contribution is 2.60. The highest BCUT2D eigenvalue weighted by atomic mass is 32.1. The Hall–Kier alpha value is -3.50. The van der Waals surface area contributed by atoms with Gasteiger partial charge >= 0.3 is 0 Å². The molecule has 4 aliphatic heterocycles. The Morgan fingerprint density at radius 1 is 0.482 bits per heavy atom. The van der Waals surface area contributed by atoms with Crippen molar-refractivity contribution in [2.75, 3.05) is 14.1 Å². The molecule has 4 amide bonds. The van der Waals surface area contributed by atoms with Crippen molar-refractivity contribution < 1.29 is 23.9 Å². The van der Waals surface area contributed by atoms with Crippen molar-refractivity contribution in [3.63, 3.8) is 0 Å². The zero-order valence-electron chi connectivity index (χ0n) is 52.3. The van der Waals surface area contributed by atoms with E-state index in [-0.39, 0.29) is 23.6 Å². The largest absolute Gasteiger partial charge is 0.481 e. The molecule has 6 aromatic rings. The van der Waals surface area contributed by atoms with Crippen LogP contribution in [0.25, 0.3) is 48.8 Å². The molecule has 0 saturated carbocycles. The lowest BCUT2D eigenvalue weighted by Crippen LogP contribution is -2.56. The van der Waals surface area contributed by atoms with Crippen LogP contribution in [0.3, 0.4) is 0 Å². The molecule has 83 heavy (non-hydrogen) atoms. The summed E-state index contributed by atoms with van der Waals surface area (Å²) in [5, 5.41) is 3.02. The van der Waals surface area contributed by atoms with Crippen LogP contribution in [0, 0.1) is 49.4 Å². The maximum absolute atomic E-state index is 14.9. The molecule has 10 rings (SSSR count). The molecule has 7 nitrogen and oxygen atoms in total. The number of rotatable bonds is 29. The van der Waals surface area contributed by atoms with Gasteiger partial charge in [0.25, 0.3) is 23.6 Å². The van der Waals surface area contributed by atoms with Gasteiger partial charge in [0.2, 0.25) is 0 Å². The fraction of sp³-hybridized carbons (Fsp3) is 0.594. The van der Waals surface area contributed by atoms with Crippen LogP contribution in [0.4, 0.5) is 0 Å². The maximum atomic E-state index is 14.9. The van der Waals surface area contributed by atoms with Crippen LogP contribution >= 0.6 is 68.0 Å². The molecular formula is C69H92N2O5S6Si. The van der Waals surface area contributed by atoms with Crippen molar-refractivity contribution in [3.05, 3.63) is 61.8 Å². The van der Waals surface area contributed by atoms with Gasteiger partial charge in [-0.25, -0.2) is 0 Å². The summed E-state index contributed by atoms with van der Waals surface area (Å²) in [5.41, 5.74) is 3.01. The van der Waals surface area contributed by atoms with E-state index in [0.717, 1.165) is 90.5 Å². The SMILES string of the molecule is CCCCC(CC)C[Si]1(CC(CC)CCCC)c2cc(-c3sc(C)c4c3C(=O)N(C)C4=O)sc2-c2sc(-c3sc(-c4cc5c(s4)-c4sc(C)cc4OC5(CCC(C)CCCC(C)C)CCC(C)CCCC(C)C)c4c3C(=O)N(C)C4=O)cc21. The van der Waals surface area contributed by atoms with E-state index in [2.05, 4.69) is 100 Å². The van der Waals surface area contributed by atoms with E-state index in [4.69, 9.17) is 4.74 Å². The van der Waals surface area contributed by atoms with Crippen LogP contribution in [0.5, 0.6) is 5.75 Å². The molecule has 0 N–H and O–H groups in total. The summed E-state index contributed by atoms with van der Waals surface area (Å²) < 4.78 is 7.55. The Morgan fingerprint density at radius 2 is 0.928 bits per heavy atom. The molecule has 6 aromatic heterocycles. The number of thiophene rings is 6. The third kappa shape index (κ3) is 11.8. The van der Waals surface area contributed by atoms with E-state index in [1.54, 1.807) is 36.8 Å². The molecule has 0 aliphatic carbocycles. The van der Waals surface area contributed by atoms with Crippen LogP contribution in [-0.4, -0.2) is 55.6 Å². The van der Waals surface area contributed by atoms with E-state index in [1.807, 2.05) is 52.3 Å². The Balaban J connectivity index is 1.13. The van der Waals surface area contributed by atoms with Gasteiger partial charge in [0, 0.05) is 53.8 Å². The smallest absolute Gasteiger partial charge is 0.262 e. The van der Waals surface area contributed by atoms with Crippen LogP contribution in [-0.2, 0) is 5.60 Å². The fourth-order valence-electron chi connectivity index (χ4n) is 14.3. The minimum atomic E-state index is -2.57. The average molecular weight is 1250 g/mol. The Morgan fingerprint density at radius 3 is 1.40 bits per heavy atom. The first kappa shape index (κ1) is 62.5. The zero-order valence-corrected chi connectivity index (χ0v) is 58.2. The van der Waals surface area contributed by atoms with Crippen LogP contribution in [0.2, 0.25) is 12.1 Å². The normalized spacial score (nSPS) is 19.5. The minimum Gasteiger partial charge on any atom is -0.481 e. The third-order valence-electron chi connectivity index (χ3n) is 19.4. The van der Waals surface area contributed by atoms with Crippen molar-refractivity contribution in [1.82, 2.24) is 9.80 Å². The predicted octanol–water partition coefficient (Wildman–Crippen LogP) is 20.8. The number of nitrogens with zero attached hydrogens (tertiary/aromatic N) is 2. The number of aryl methyl sites for hydroxylation is 2. The van der Waals surface area contributed by atoms with Gasteiger partial charge in [0.05, 0.1) is 46.6 Å². The van der Waals surface area contributed by atoms with Gasteiger partial charge in [0.15, 0.2) is 0 Å². The van der Waals surface area contributed by atoms with Crippen molar-refractivity contribution in [1.29, 1.82) is 0 Å². The molecule has 14 heteroatoms. The van der Waals surface area contributed by atoms with E-state index < -0.39 is 13.7 Å². The van der Waals surface area contributed by atoms with Crippen molar-refractivity contribution >= 4 is 110 Å². The van der Waals surface area contributed by atoms with Gasteiger partial charge in [-0.05, 0) is 122 Å². The highest BCUT2D eigenvalue weighted by molar-refractivity contribution is 7.34. The Kier molecular flexibility index (Phi) is 19.4. The van der Waals surface area contributed by atoms with Crippen LogP contribution in [0.1, 0.15) is 242 Å². The molecule has 4 aliphatic rings. The first-order valence-electron chi connectivity index (χ1n) is 31.9. The van der Waals surface area contributed by atoms with Gasteiger partial charge in [-0.3, -0.25) is 29.0 Å². The van der Waals surface area contributed by atoms with E-state index in [1.165, 1.54) is 127 Å². The lowest BCUT2D eigenvalue weighted by atomic mass is 9.78. The molecule has 4 atom stereocenters. The number of carbonyl (C=O) groups excluding carboxylic acids is 4. The number of imide groups is 2. The van der Waals surface area contributed by atoms with Gasteiger partial charge in [0.1, 0.15) is 19.4 Å². The third-order valence-corrected chi connectivity index (χ3v) is 32.8. The molecule has 0 fully saturated rings. The van der Waals surface area contributed by atoms with Gasteiger partial charge in [-0.2, -0.15) is 0 Å². The topological polar surface area (TPSA) is 84.0 Å². The summed E-state index contributed by atoms with van der Waals surface area (Å²) in [7, 11) is 0.704. The molecule has 10 heterocycles. The molecule has 0 spiro atoms. The standard InChI is InChI=1S/C69H92N2O5S6Si/c1-15-19-27-45(17-3)37-83(38-46(18-4)28-20-16-2)52-35-50(60-55-54(44(12)78-60)65(72)70(13)66(55)73)80-63(52)64-53(83)36-51(81-64)62-57-56(67(74)71(14)68(57)75)61(82-62)49-34-47-58(79-49)59-48(33-43(11)77-59)76-69(47,31-29-41(9)25-21-23-39(5)6)32-30-42(10)26-22-24-40(7)8/h33-36,39-42,45-46H,15-32,37-38H2,1-14H3. The molecule has 0 bridgehead atoms.